The van der Waals surface area contributed by atoms with E-state index in [0.717, 1.165) is 0 Å². The van der Waals surface area contributed by atoms with Gasteiger partial charge in [0.1, 0.15) is 18.3 Å². The molecule has 0 bridgehead atoms. The molecule has 0 saturated carbocycles. The molecule has 0 amide bonds. The van der Waals surface area contributed by atoms with E-state index in [1.807, 2.05) is 0 Å². The summed E-state index contributed by atoms with van der Waals surface area (Å²) in [6.45, 7) is 4.68. The van der Waals surface area contributed by atoms with Crippen LogP contribution in [0.15, 0.2) is 0 Å². The number of carboxylic acids is 1. The van der Waals surface area contributed by atoms with E-state index in [4.69, 9.17) is 14.6 Å². The number of carbonyl (C=O) groups is 2. The Morgan fingerprint density at radius 2 is 1.58 bits per heavy atom. The molecule has 19 heavy (non-hydrogen) atoms. The van der Waals surface area contributed by atoms with E-state index in [1.54, 1.807) is 20.8 Å². The quantitative estimate of drug-likeness (QED) is 0.447. The number of aliphatic carboxylic acids is 1. The Kier molecular flexibility index (Phi) is 4.51. The Hall–Kier alpha value is -1.22. The molecule has 1 heterocycles. The van der Waals surface area contributed by atoms with Crippen molar-refractivity contribution in [2.45, 2.75) is 51.5 Å². The number of aliphatic hydroxyl groups is 3. The number of hydrogen-bond donors (Lipinski definition) is 4. The van der Waals surface area contributed by atoms with Gasteiger partial charge in [0.25, 0.3) is 0 Å². The van der Waals surface area contributed by atoms with E-state index in [2.05, 4.69) is 0 Å². The van der Waals surface area contributed by atoms with Crippen LogP contribution in [0, 0.1) is 5.41 Å². The second-order valence-electron chi connectivity index (χ2n) is 5.39. The third kappa shape index (κ3) is 3.41. The molecule has 5 atom stereocenters. The summed E-state index contributed by atoms with van der Waals surface area (Å²) in [4.78, 5) is 22.5. The molecule has 0 spiro atoms. The van der Waals surface area contributed by atoms with Gasteiger partial charge in [0, 0.05) is 0 Å². The largest absolute Gasteiger partial charge is 0.479 e. The highest BCUT2D eigenvalue weighted by molar-refractivity contribution is 5.76. The number of carbonyl (C=O) groups excluding carboxylic acids is 1. The van der Waals surface area contributed by atoms with Crippen molar-refractivity contribution in [2.75, 3.05) is 0 Å². The summed E-state index contributed by atoms with van der Waals surface area (Å²) in [6.07, 6.45) is -8.75. The van der Waals surface area contributed by atoms with Crippen LogP contribution in [-0.4, -0.2) is 63.1 Å². The second kappa shape index (κ2) is 5.41. The topological polar surface area (TPSA) is 134 Å². The summed E-state index contributed by atoms with van der Waals surface area (Å²) < 4.78 is 9.63. The van der Waals surface area contributed by atoms with Crippen molar-refractivity contribution in [1.29, 1.82) is 0 Å². The van der Waals surface area contributed by atoms with Gasteiger partial charge in [-0.2, -0.15) is 0 Å². The minimum absolute atomic E-state index is 0.732. The highest BCUT2D eigenvalue weighted by Crippen LogP contribution is 2.25. The summed E-state index contributed by atoms with van der Waals surface area (Å²) in [6, 6.07) is 0. The smallest absolute Gasteiger partial charge is 0.335 e. The standard InChI is InChI=1S/C11H18O8/c1-11(2,3)10(17)19-9-6(14)4(12)5(13)7(18-9)8(15)16/h4-7,9,12-14H,1-3H3,(H,15,16)/t4-,5-,6+,7-,9?/m0/s1. The minimum atomic E-state index is -1.81. The summed E-state index contributed by atoms with van der Waals surface area (Å²) >= 11 is 0. The van der Waals surface area contributed by atoms with Gasteiger partial charge in [0.05, 0.1) is 5.41 Å². The van der Waals surface area contributed by atoms with Gasteiger partial charge in [-0.15, -0.1) is 0 Å². The van der Waals surface area contributed by atoms with Gasteiger partial charge in [-0.25, -0.2) is 4.79 Å². The van der Waals surface area contributed by atoms with Crippen LogP contribution in [-0.2, 0) is 19.1 Å². The molecule has 1 saturated heterocycles. The predicted octanol–water partition coefficient (Wildman–Crippen LogP) is -1.53. The zero-order valence-corrected chi connectivity index (χ0v) is 10.8. The number of carboxylic acid groups (broad SMARTS) is 1. The predicted molar refractivity (Wildman–Crippen MR) is 59.9 cm³/mol. The lowest BCUT2D eigenvalue weighted by Gasteiger charge is -2.38. The van der Waals surface area contributed by atoms with Crippen LogP contribution in [0.25, 0.3) is 0 Å². The molecule has 1 rings (SSSR count). The SMILES string of the molecule is CC(C)(C)C(=O)OC1O[C@H](C(=O)O)[C@@H](O)[C@H](O)[C@H]1O. The third-order valence-corrected chi connectivity index (χ3v) is 2.65. The van der Waals surface area contributed by atoms with Crippen molar-refractivity contribution >= 4 is 11.9 Å². The van der Waals surface area contributed by atoms with Gasteiger partial charge in [-0.3, -0.25) is 4.79 Å². The fourth-order valence-corrected chi connectivity index (χ4v) is 1.43. The monoisotopic (exact) mass is 278 g/mol. The molecule has 0 aromatic rings. The van der Waals surface area contributed by atoms with E-state index in [1.165, 1.54) is 0 Å². The van der Waals surface area contributed by atoms with Gasteiger partial charge < -0.3 is 29.9 Å². The Morgan fingerprint density at radius 1 is 1.05 bits per heavy atom. The summed E-state index contributed by atoms with van der Waals surface area (Å²) in [5, 5.41) is 37.4. The maximum atomic E-state index is 11.6. The van der Waals surface area contributed by atoms with Gasteiger partial charge in [-0.1, -0.05) is 0 Å². The van der Waals surface area contributed by atoms with Crippen LogP contribution in [0.5, 0.6) is 0 Å². The number of aliphatic hydroxyl groups excluding tert-OH is 3. The van der Waals surface area contributed by atoms with Crippen molar-refractivity contribution in [3.8, 4) is 0 Å². The Morgan fingerprint density at radius 3 is 2.00 bits per heavy atom. The molecule has 0 radical (unpaired) electrons. The van der Waals surface area contributed by atoms with Crippen LogP contribution >= 0.6 is 0 Å². The summed E-state index contributed by atoms with van der Waals surface area (Å²) in [5.74, 6) is -2.26. The van der Waals surface area contributed by atoms with Gasteiger partial charge in [0.15, 0.2) is 6.10 Å². The van der Waals surface area contributed by atoms with Crippen LogP contribution in [0.1, 0.15) is 20.8 Å². The number of rotatable bonds is 2. The number of esters is 1. The lowest BCUT2D eigenvalue weighted by Crippen LogP contribution is -2.60. The molecule has 110 valence electrons. The Bertz CT molecular complexity index is 360. The highest BCUT2D eigenvalue weighted by atomic mass is 16.7. The maximum absolute atomic E-state index is 11.6. The fourth-order valence-electron chi connectivity index (χ4n) is 1.43. The first-order valence-corrected chi connectivity index (χ1v) is 5.69. The third-order valence-electron chi connectivity index (χ3n) is 2.65. The normalized spacial score (nSPS) is 35.8. The van der Waals surface area contributed by atoms with Crippen molar-refractivity contribution < 1.29 is 39.5 Å². The van der Waals surface area contributed by atoms with E-state index in [0.29, 0.717) is 0 Å². The molecule has 1 aliphatic rings. The van der Waals surface area contributed by atoms with Gasteiger partial charge in [-0.05, 0) is 20.8 Å². The molecule has 1 unspecified atom stereocenters. The second-order valence-corrected chi connectivity index (χ2v) is 5.39. The molecule has 1 fully saturated rings. The summed E-state index contributed by atoms with van der Waals surface area (Å²) in [7, 11) is 0. The van der Waals surface area contributed by atoms with Crippen molar-refractivity contribution in [1.82, 2.24) is 0 Å². The van der Waals surface area contributed by atoms with E-state index >= 15 is 0 Å². The molecule has 0 aromatic carbocycles. The molecular formula is C11H18O8. The lowest BCUT2D eigenvalue weighted by molar-refractivity contribution is -0.288. The summed E-state index contributed by atoms with van der Waals surface area (Å²) in [5.41, 5.74) is -0.886. The molecule has 4 N–H and O–H groups in total. The van der Waals surface area contributed by atoms with Crippen molar-refractivity contribution in [3.63, 3.8) is 0 Å². The number of ether oxygens (including phenoxy) is 2. The Balaban J connectivity index is 2.83. The zero-order chi connectivity index (χ0) is 15.0. The molecule has 1 aliphatic heterocycles. The molecular weight excluding hydrogens is 260 g/mol. The average Bonchev–Trinajstić information content (AvgIpc) is 2.28. The van der Waals surface area contributed by atoms with Crippen LogP contribution in [0.4, 0.5) is 0 Å². The van der Waals surface area contributed by atoms with Crippen LogP contribution < -0.4 is 0 Å². The lowest BCUT2D eigenvalue weighted by atomic mass is 9.96. The first-order chi connectivity index (χ1) is 8.55. The number of hydrogen-bond acceptors (Lipinski definition) is 7. The highest BCUT2D eigenvalue weighted by Gasteiger charge is 2.49. The van der Waals surface area contributed by atoms with Crippen LogP contribution in [0.3, 0.4) is 0 Å². The van der Waals surface area contributed by atoms with Gasteiger partial charge in [0.2, 0.25) is 6.29 Å². The molecule has 8 heteroatoms. The van der Waals surface area contributed by atoms with E-state index < -0.39 is 48.1 Å². The zero-order valence-electron chi connectivity index (χ0n) is 10.8. The Labute approximate surface area is 109 Å². The molecule has 0 aromatic heterocycles. The van der Waals surface area contributed by atoms with E-state index in [9.17, 15) is 24.9 Å². The fraction of sp³-hybridized carbons (Fsp3) is 0.818. The molecule has 0 aliphatic carbocycles. The van der Waals surface area contributed by atoms with Crippen molar-refractivity contribution in [3.05, 3.63) is 0 Å². The maximum Gasteiger partial charge on any atom is 0.335 e. The van der Waals surface area contributed by atoms with Crippen LogP contribution in [0.2, 0.25) is 0 Å². The first-order valence-electron chi connectivity index (χ1n) is 5.69. The average molecular weight is 278 g/mol. The van der Waals surface area contributed by atoms with Crippen molar-refractivity contribution in [2.24, 2.45) is 5.41 Å². The van der Waals surface area contributed by atoms with E-state index in [-0.39, 0.29) is 0 Å². The minimum Gasteiger partial charge on any atom is -0.479 e. The van der Waals surface area contributed by atoms with Gasteiger partial charge >= 0.3 is 11.9 Å². The molecule has 8 nitrogen and oxygen atoms in total. The first kappa shape index (κ1) is 15.8.